The van der Waals surface area contributed by atoms with Crippen LogP contribution in [0.3, 0.4) is 0 Å². The van der Waals surface area contributed by atoms with Gasteiger partial charge in [-0.25, -0.2) is 23.3 Å². The molecular formula is C5H6N2O4S2. The van der Waals surface area contributed by atoms with E-state index < -0.39 is 21.7 Å². The van der Waals surface area contributed by atoms with Gasteiger partial charge in [0.05, 0.1) is 6.20 Å². The van der Waals surface area contributed by atoms with Crippen LogP contribution in [0.1, 0.15) is 14.7 Å². The van der Waals surface area contributed by atoms with Gasteiger partial charge in [-0.3, -0.25) is 0 Å². The molecule has 13 heavy (non-hydrogen) atoms. The summed E-state index contributed by atoms with van der Waals surface area (Å²) in [4.78, 5) is 14.0. The molecule has 0 spiro atoms. The summed E-state index contributed by atoms with van der Waals surface area (Å²) in [5, 5.41) is 13.4. The number of nitrogens with two attached hydrogens (primary N) is 1. The Bertz CT molecular complexity index is 421. The highest BCUT2D eigenvalue weighted by atomic mass is 32.2. The molecule has 6 nitrogen and oxygen atoms in total. The van der Waals surface area contributed by atoms with Crippen molar-refractivity contribution in [2.45, 2.75) is 5.75 Å². The average Bonchev–Trinajstić information content (AvgIpc) is 2.31. The molecule has 0 fully saturated rings. The van der Waals surface area contributed by atoms with E-state index in [9.17, 15) is 13.2 Å². The minimum atomic E-state index is -3.63. The van der Waals surface area contributed by atoms with Gasteiger partial charge in [0, 0.05) is 0 Å². The van der Waals surface area contributed by atoms with Gasteiger partial charge in [-0.2, -0.15) is 0 Å². The third-order valence-corrected chi connectivity index (χ3v) is 2.93. The number of primary sulfonamides is 1. The van der Waals surface area contributed by atoms with E-state index in [1.807, 2.05) is 0 Å². The van der Waals surface area contributed by atoms with Crippen LogP contribution in [-0.2, 0) is 15.8 Å². The lowest BCUT2D eigenvalue weighted by Gasteiger charge is -1.90. The summed E-state index contributed by atoms with van der Waals surface area (Å²) < 4.78 is 21.2. The summed E-state index contributed by atoms with van der Waals surface area (Å²) in [6.45, 7) is 0. The first-order chi connectivity index (χ1) is 5.88. The zero-order valence-corrected chi connectivity index (χ0v) is 7.93. The number of aromatic nitrogens is 1. The number of rotatable bonds is 3. The van der Waals surface area contributed by atoms with Crippen molar-refractivity contribution in [2.75, 3.05) is 0 Å². The van der Waals surface area contributed by atoms with Crippen molar-refractivity contribution in [3.8, 4) is 0 Å². The number of carboxylic acids is 1. The topological polar surface area (TPSA) is 110 Å². The molecule has 0 saturated carbocycles. The van der Waals surface area contributed by atoms with E-state index >= 15 is 0 Å². The second-order valence-corrected chi connectivity index (χ2v) is 4.96. The van der Waals surface area contributed by atoms with Crippen molar-refractivity contribution < 1.29 is 18.3 Å². The molecule has 0 atom stereocenters. The molecule has 1 rings (SSSR count). The lowest BCUT2D eigenvalue weighted by molar-refractivity contribution is 0.0702. The molecule has 3 N–H and O–H groups in total. The fourth-order valence-electron chi connectivity index (χ4n) is 0.648. The molecule has 0 radical (unpaired) electrons. The molecule has 0 aliphatic carbocycles. The van der Waals surface area contributed by atoms with E-state index in [4.69, 9.17) is 10.2 Å². The minimum absolute atomic E-state index is 0.00125. The van der Waals surface area contributed by atoms with Crippen LogP contribution in [-0.4, -0.2) is 24.5 Å². The van der Waals surface area contributed by atoms with Crippen LogP contribution >= 0.6 is 11.3 Å². The van der Waals surface area contributed by atoms with E-state index in [-0.39, 0.29) is 9.88 Å². The molecule has 72 valence electrons. The van der Waals surface area contributed by atoms with Crippen LogP contribution in [0.4, 0.5) is 0 Å². The summed E-state index contributed by atoms with van der Waals surface area (Å²) in [6.07, 6.45) is 1.10. The van der Waals surface area contributed by atoms with Crippen LogP contribution in [0.15, 0.2) is 6.20 Å². The van der Waals surface area contributed by atoms with Crippen molar-refractivity contribution >= 4 is 27.3 Å². The number of hydrogen-bond acceptors (Lipinski definition) is 5. The molecule has 0 saturated heterocycles. The van der Waals surface area contributed by atoms with Gasteiger partial charge in [0.25, 0.3) is 0 Å². The number of sulfonamides is 1. The minimum Gasteiger partial charge on any atom is -0.477 e. The zero-order chi connectivity index (χ0) is 10.1. The number of aromatic carboxylic acids is 1. The van der Waals surface area contributed by atoms with E-state index in [1.54, 1.807) is 0 Å². The molecule has 0 aliphatic rings. The van der Waals surface area contributed by atoms with Crippen molar-refractivity contribution in [2.24, 2.45) is 5.14 Å². The Balaban J connectivity index is 2.87. The van der Waals surface area contributed by atoms with E-state index in [0.717, 1.165) is 17.5 Å². The van der Waals surface area contributed by atoms with Gasteiger partial charge >= 0.3 is 5.97 Å². The number of nitrogens with zero attached hydrogens (tertiary/aromatic N) is 1. The largest absolute Gasteiger partial charge is 0.477 e. The fourth-order valence-corrected chi connectivity index (χ4v) is 2.35. The molecule has 1 heterocycles. The summed E-state index contributed by atoms with van der Waals surface area (Å²) in [5.74, 6) is -1.55. The maximum Gasteiger partial charge on any atom is 0.347 e. The summed E-state index contributed by atoms with van der Waals surface area (Å²) in [5.41, 5.74) is 0. The zero-order valence-electron chi connectivity index (χ0n) is 6.30. The van der Waals surface area contributed by atoms with Crippen LogP contribution in [0.2, 0.25) is 0 Å². The Kier molecular flexibility index (Phi) is 2.64. The van der Waals surface area contributed by atoms with Gasteiger partial charge in [0.15, 0.2) is 0 Å². The first-order valence-electron chi connectivity index (χ1n) is 3.07. The Labute approximate surface area is 78.1 Å². The van der Waals surface area contributed by atoms with Gasteiger partial charge in [0.1, 0.15) is 15.6 Å². The monoisotopic (exact) mass is 222 g/mol. The molecule has 1 aromatic heterocycles. The van der Waals surface area contributed by atoms with E-state index in [0.29, 0.717) is 0 Å². The predicted molar refractivity (Wildman–Crippen MR) is 45.9 cm³/mol. The number of thiazole rings is 1. The molecule has 0 aliphatic heterocycles. The maximum atomic E-state index is 10.6. The van der Waals surface area contributed by atoms with Crippen LogP contribution in [0.25, 0.3) is 0 Å². The molecule has 1 aromatic rings. The number of hydrogen-bond donors (Lipinski definition) is 2. The average molecular weight is 222 g/mol. The predicted octanol–water partition coefficient (Wildman–Crippen LogP) is -0.370. The lowest BCUT2D eigenvalue weighted by Crippen LogP contribution is -2.14. The summed E-state index contributed by atoms with van der Waals surface area (Å²) >= 11 is 0.798. The molecule has 0 aromatic carbocycles. The van der Waals surface area contributed by atoms with Crippen LogP contribution in [0, 0.1) is 0 Å². The van der Waals surface area contributed by atoms with E-state index in [2.05, 4.69) is 4.98 Å². The molecule has 0 unspecified atom stereocenters. The van der Waals surface area contributed by atoms with Crippen molar-refractivity contribution in [1.82, 2.24) is 4.98 Å². The van der Waals surface area contributed by atoms with Crippen LogP contribution < -0.4 is 5.14 Å². The Morgan fingerprint density at radius 2 is 2.31 bits per heavy atom. The second kappa shape index (κ2) is 3.40. The fraction of sp³-hybridized carbons (Fsp3) is 0.200. The lowest BCUT2D eigenvalue weighted by atomic mass is 10.6. The summed E-state index contributed by atoms with van der Waals surface area (Å²) in [7, 11) is -3.63. The standard InChI is InChI=1S/C5H6N2O4S2/c6-13(10,11)2-4-7-1-3(12-4)5(8)9/h1H,2H2,(H,8,9)(H2,6,10,11). The Morgan fingerprint density at radius 3 is 2.69 bits per heavy atom. The van der Waals surface area contributed by atoms with Crippen molar-refractivity contribution in [3.63, 3.8) is 0 Å². The first-order valence-corrected chi connectivity index (χ1v) is 5.60. The second-order valence-electron chi connectivity index (χ2n) is 2.23. The van der Waals surface area contributed by atoms with Gasteiger partial charge in [-0.1, -0.05) is 0 Å². The Morgan fingerprint density at radius 1 is 1.69 bits per heavy atom. The Hall–Kier alpha value is -0.990. The molecular weight excluding hydrogens is 216 g/mol. The number of carbonyl (C=O) groups is 1. The highest BCUT2D eigenvalue weighted by Gasteiger charge is 2.12. The van der Waals surface area contributed by atoms with Crippen molar-refractivity contribution in [3.05, 3.63) is 16.1 Å². The summed E-state index contributed by atoms with van der Waals surface area (Å²) in [6, 6.07) is 0. The third kappa shape index (κ3) is 3.09. The first kappa shape index (κ1) is 10.1. The van der Waals surface area contributed by atoms with E-state index in [1.165, 1.54) is 0 Å². The smallest absolute Gasteiger partial charge is 0.347 e. The quantitative estimate of drug-likeness (QED) is 0.724. The molecule has 8 heteroatoms. The number of carboxylic acid groups (broad SMARTS) is 1. The normalized spacial score (nSPS) is 11.5. The van der Waals surface area contributed by atoms with Crippen LogP contribution in [0.5, 0.6) is 0 Å². The highest BCUT2D eigenvalue weighted by molar-refractivity contribution is 7.88. The maximum absolute atomic E-state index is 10.6. The van der Waals surface area contributed by atoms with Gasteiger partial charge in [-0.15, -0.1) is 11.3 Å². The van der Waals surface area contributed by atoms with Gasteiger partial charge < -0.3 is 5.11 Å². The van der Waals surface area contributed by atoms with Crippen molar-refractivity contribution in [1.29, 1.82) is 0 Å². The SMILES string of the molecule is NS(=O)(=O)Cc1ncc(C(=O)O)s1. The third-order valence-electron chi connectivity index (χ3n) is 1.09. The van der Waals surface area contributed by atoms with Gasteiger partial charge in [-0.05, 0) is 0 Å². The van der Waals surface area contributed by atoms with Gasteiger partial charge in [0.2, 0.25) is 10.0 Å². The molecule has 0 amide bonds. The highest BCUT2D eigenvalue weighted by Crippen LogP contribution is 2.14. The molecule has 0 bridgehead atoms.